The summed E-state index contributed by atoms with van der Waals surface area (Å²) in [6.45, 7) is 10.0. The molecule has 1 atom stereocenters. The zero-order chi connectivity index (χ0) is 11.9. The number of nitrogens with zero attached hydrogens (tertiary/aromatic N) is 2. The third-order valence-corrected chi connectivity index (χ3v) is 3.57. The molecule has 5 heteroatoms. The van der Waals surface area contributed by atoms with Gasteiger partial charge in [0.1, 0.15) is 0 Å². The van der Waals surface area contributed by atoms with Crippen LogP contribution >= 0.6 is 0 Å². The lowest BCUT2D eigenvalue weighted by molar-refractivity contribution is -0.00853. The van der Waals surface area contributed by atoms with Crippen LogP contribution in [0, 0.1) is 0 Å². The van der Waals surface area contributed by atoms with Gasteiger partial charge in [-0.1, -0.05) is 0 Å². The maximum absolute atomic E-state index is 5.42. The highest BCUT2D eigenvalue weighted by Crippen LogP contribution is 2.07. The zero-order valence-corrected chi connectivity index (χ0v) is 10.9. The minimum absolute atomic E-state index is 0.599. The summed E-state index contributed by atoms with van der Waals surface area (Å²) in [5.74, 6) is 0. The molecule has 2 heterocycles. The number of rotatable bonds is 5. The molecule has 2 rings (SSSR count). The first kappa shape index (κ1) is 13.2. The van der Waals surface area contributed by atoms with Crippen LogP contribution in [-0.4, -0.2) is 88.6 Å². The average Bonchev–Trinajstić information content (AvgIpc) is 2.40. The molecule has 5 nitrogen and oxygen atoms in total. The summed E-state index contributed by atoms with van der Waals surface area (Å²) in [5.41, 5.74) is 0. The lowest BCUT2D eigenvalue weighted by Crippen LogP contribution is -2.54. The van der Waals surface area contributed by atoms with Crippen LogP contribution in [0.4, 0.5) is 0 Å². The van der Waals surface area contributed by atoms with Gasteiger partial charge in [0.15, 0.2) is 0 Å². The van der Waals surface area contributed by atoms with E-state index in [9.17, 15) is 0 Å². The van der Waals surface area contributed by atoms with Crippen molar-refractivity contribution in [1.82, 2.24) is 15.1 Å². The Morgan fingerprint density at radius 2 is 1.59 bits per heavy atom. The summed E-state index contributed by atoms with van der Waals surface area (Å²) in [5, 5.41) is 3.31. The van der Waals surface area contributed by atoms with E-state index in [1.165, 1.54) is 0 Å². The lowest BCUT2D eigenvalue weighted by atomic mass is 10.2. The van der Waals surface area contributed by atoms with Gasteiger partial charge in [-0.15, -0.1) is 0 Å². The highest BCUT2D eigenvalue weighted by atomic mass is 16.5. The Hall–Kier alpha value is -0.200. The zero-order valence-electron chi connectivity index (χ0n) is 10.9. The Morgan fingerprint density at radius 3 is 2.18 bits per heavy atom. The fourth-order valence-electron chi connectivity index (χ4n) is 2.57. The largest absolute Gasteiger partial charge is 0.379 e. The average molecular weight is 243 g/mol. The first-order chi connectivity index (χ1) is 8.40. The molecule has 0 spiro atoms. The highest BCUT2D eigenvalue weighted by molar-refractivity contribution is 4.80. The predicted octanol–water partition coefficient (Wildman–Crippen LogP) is -0.761. The second-order valence-electron chi connectivity index (χ2n) is 4.77. The summed E-state index contributed by atoms with van der Waals surface area (Å²) in [4.78, 5) is 5.07. The molecule has 100 valence electrons. The van der Waals surface area contributed by atoms with Crippen molar-refractivity contribution in [2.45, 2.75) is 6.04 Å². The van der Waals surface area contributed by atoms with Gasteiger partial charge < -0.3 is 14.8 Å². The Kier molecular flexibility index (Phi) is 5.67. The predicted molar refractivity (Wildman–Crippen MR) is 67.4 cm³/mol. The molecule has 2 saturated heterocycles. The summed E-state index contributed by atoms with van der Waals surface area (Å²) in [6.07, 6.45) is 0. The molecule has 0 aromatic rings. The van der Waals surface area contributed by atoms with E-state index in [1.54, 1.807) is 0 Å². The number of likely N-dealkylation sites (N-methyl/N-ethyl adjacent to an activating group) is 1. The van der Waals surface area contributed by atoms with Crippen molar-refractivity contribution < 1.29 is 9.47 Å². The SMILES string of the molecule is CNCC(CN1CCOCC1)N1CCOCC1. The fraction of sp³-hybridized carbons (Fsp3) is 1.00. The van der Waals surface area contributed by atoms with Gasteiger partial charge in [0.25, 0.3) is 0 Å². The normalized spacial score (nSPS) is 25.9. The van der Waals surface area contributed by atoms with E-state index in [4.69, 9.17) is 9.47 Å². The second-order valence-corrected chi connectivity index (χ2v) is 4.77. The topological polar surface area (TPSA) is 37.0 Å². The molecule has 2 aliphatic rings. The maximum atomic E-state index is 5.42. The summed E-state index contributed by atoms with van der Waals surface area (Å²) in [7, 11) is 2.03. The van der Waals surface area contributed by atoms with Crippen molar-refractivity contribution in [3.63, 3.8) is 0 Å². The van der Waals surface area contributed by atoms with Crippen LogP contribution in [0.15, 0.2) is 0 Å². The molecule has 1 unspecified atom stereocenters. The third-order valence-electron chi connectivity index (χ3n) is 3.57. The number of hydrogen-bond donors (Lipinski definition) is 1. The van der Waals surface area contributed by atoms with Crippen LogP contribution in [0.5, 0.6) is 0 Å². The number of ether oxygens (including phenoxy) is 2. The van der Waals surface area contributed by atoms with E-state index in [0.717, 1.165) is 65.7 Å². The van der Waals surface area contributed by atoms with Gasteiger partial charge in [0.05, 0.1) is 26.4 Å². The van der Waals surface area contributed by atoms with Gasteiger partial charge in [0.2, 0.25) is 0 Å². The van der Waals surface area contributed by atoms with E-state index in [1.807, 2.05) is 7.05 Å². The van der Waals surface area contributed by atoms with Crippen molar-refractivity contribution in [2.75, 3.05) is 72.7 Å². The number of hydrogen-bond acceptors (Lipinski definition) is 5. The Bertz CT molecular complexity index is 204. The molecular formula is C12H25N3O2. The molecule has 0 saturated carbocycles. The lowest BCUT2D eigenvalue weighted by Gasteiger charge is -2.38. The minimum Gasteiger partial charge on any atom is -0.379 e. The quantitative estimate of drug-likeness (QED) is 0.687. The molecule has 17 heavy (non-hydrogen) atoms. The van der Waals surface area contributed by atoms with Gasteiger partial charge >= 0.3 is 0 Å². The van der Waals surface area contributed by atoms with Crippen LogP contribution in [-0.2, 0) is 9.47 Å². The Morgan fingerprint density at radius 1 is 1.00 bits per heavy atom. The van der Waals surface area contributed by atoms with E-state index in [2.05, 4.69) is 15.1 Å². The Labute approximate surface area is 104 Å². The first-order valence-electron chi connectivity index (χ1n) is 6.66. The molecule has 0 bridgehead atoms. The minimum atomic E-state index is 0.599. The van der Waals surface area contributed by atoms with E-state index in [0.29, 0.717) is 6.04 Å². The van der Waals surface area contributed by atoms with Gasteiger partial charge in [-0.3, -0.25) is 9.80 Å². The van der Waals surface area contributed by atoms with Crippen molar-refractivity contribution in [3.8, 4) is 0 Å². The van der Waals surface area contributed by atoms with Crippen molar-refractivity contribution in [3.05, 3.63) is 0 Å². The summed E-state index contributed by atoms with van der Waals surface area (Å²) in [6, 6.07) is 0.599. The number of morpholine rings is 2. The van der Waals surface area contributed by atoms with Crippen molar-refractivity contribution in [2.24, 2.45) is 0 Å². The van der Waals surface area contributed by atoms with Crippen molar-refractivity contribution in [1.29, 1.82) is 0 Å². The standard InChI is InChI=1S/C12H25N3O2/c1-13-10-12(15-4-8-17-9-5-15)11-14-2-6-16-7-3-14/h12-13H,2-11H2,1H3. The van der Waals surface area contributed by atoms with Gasteiger partial charge in [-0.2, -0.15) is 0 Å². The molecule has 2 aliphatic heterocycles. The van der Waals surface area contributed by atoms with Crippen LogP contribution in [0.3, 0.4) is 0 Å². The molecular weight excluding hydrogens is 218 g/mol. The van der Waals surface area contributed by atoms with Crippen LogP contribution in [0.25, 0.3) is 0 Å². The second kappa shape index (κ2) is 7.28. The van der Waals surface area contributed by atoms with Crippen LogP contribution < -0.4 is 5.32 Å². The highest BCUT2D eigenvalue weighted by Gasteiger charge is 2.23. The molecule has 1 N–H and O–H groups in total. The van der Waals surface area contributed by atoms with Crippen LogP contribution in [0.1, 0.15) is 0 Å². The molecule has 0 amide bonds. The van der Waals surface area contributed by atoms with Crippen LogP contribution in [0.2, 0.25) is 0 Å². The van der Waals surface area contributed by atoms with Gasteiger partial charge in [-0.05, 0) is 7.05 Å². The monoisotopic (exact) mass is 243 g/mol. The van der Waals surface area contributed by atoms with Gasteiger partial charge in [-0.25, -0.2) is 0 Å². The summed E-state index contributed by atoms with van der Waals surface area (Å²) >= 11 is 0. The first-order valence-corrected chi connectivity index (χ1v) is 6.66. The van der Waals surface area contributed by atoms with Crippen molar-refractivity contribution >= 4 is 0 Å². The summed E-state index contributed by atoms with van der Waals surface area (Å²) < 4.78 is 10.8. The Balaban J connectivity index is 1.81. The molecule has 0 aromatic carbocycles. The number of nitrogens with one attached hydrogen (secondary N) is 1. The fourth-order valence-corrected chi connectivity index (χ4v) is 2.57. The van der Waals surface area contributed by atoms with E-state index >= 15 is 0 Å². The van der Waals surface area contributed by atoms with E-state index < -0.39 is 0 Å². The molecule has 2 fully saturated rings. The third kappa shape index (κ3) is 4.19. The molecule has 0 radical (unpaired) electrons. The smallest absolute Gasteiger partial charge is 0.0594 e. The van der Waals surface area contributed by atoms with Gasteiger partial charge in [0, 0.05) is 45.3 Å². The maximum Gasteiger partial charge on any atom is 0.0594 e. The molecule has 0 aromatic heterocycles. The van der Waals surface area contributed by atoms with E-state index in [-0.39, 0.29) is 0 Å². The molecule has 0 aliphatic carbocycles.